The molecular weight excluding hydrogens is 275 g/mol. The van der Waals surface area contributed by atoms with E-state index in [-0.39, 0.29) is 30.7 Å². The number of rotatable bonds is 8. The molecule has 5 nitrogen and oxygen atoms in total. The highest BCUT2D eigenvalue weighted by atomic mass is 19.1. The fourth-order valence-electron chi connectivity index (χ4n) is 1.84. The quantitative estimate of drug-likeness (QED) is 0.680. The topological polar surface area (TPSA) is 78.4 Å². The van der Waals surface area contributed by atoms with Crippen LogP contribution in [0.2, 0.25) is 0 Å². The Kier molecular flexibility index (Phi) is 6.81. The second kappa shape index (κ2) is 8.36. The van der Waals surface area contributed by atoms with Gasteiger partial charge in [0.1, 0.15) is 11.9 Å². The molecule has 0 unspecified atom stereocenters. The molecule has 0 aliphatic carbocycles. The molecule has 0 radical (unpaired) electrons. The van der Waals surface area contributed by atoms with Crippen molar-refractivity contribution >= 4 is 11.9 Å². The van der Waals surface area contributed by atoms with Gasteiger partial charge in [-0.15, -0.1) is 0 Å². The van der Waals surface area contributed by atoms with Gasteiger partial charge in [0.25, 0.3) is 0 Å². The van der Waals surface area contributed by atoms with Crippen LogP contribution in [-0.2, 0) is 16.1 Å². The second-order valence-electron chi connectivity index (χ2n) is 4.99. The van der Waals surface area contributed by atoms with E-state index in [1.165, 1.54) is 12.1 Å². The van der Waals surface area contributed by atoms with Gasteiger partial charge >= 0.3 is 5.97 Å². The fourth-order valence-corrected chi connectivity index (χ4v) is 1.84. The van der Waals surface area contributed by atoms with Gasteiger partial charge in [0.2, 0.25) is 5.91 Å². The molecule has 116 valence electrons. The Morgan fingerprint density at radius 3 is 2.43 bits per heavy atom. The van der Waals surface area contributed by atoms with Crippen molar-refractivity contribution in [3.63, 3.8) is 0 Å². The number of halogens is 1. The molecule has 1 rings (SSSR count). The minimum absolute atomic E-state index is 0.0626. The summed E-state index contributed by atoms with van der Waals surface area (Å²) in [6, 6.07) is 5.07. The van der Waals surface area contributed by atoms with Crippen molar-refractivity contribution in [2.45, 2.75) is 32.9 Å². The molecule has 0 aromatic heterocycles. The number of carbonyl (C=O) groups is 2. The first kappa shape index (κ1) is 17.1. The molecule has 1 aromatic rings. The Hall–Kier alpha value is -1.95. The van der Waals surface area contributed by atoms with Crippen molar-refractivity contribution in [2.24, 2.45) is 5.92 Å². The van der Waals surface area contributed by atoms with Gasteiger partial charge in [0.15, 0.2) is 0 Å². The minimum Gasteiger partial charge on any atom is -0.480 e. The van der Waals surface area contributed by atoms with Gasteiger partial charge in [-0.05, 0) is 23.6 Å². The number of hydrogen-bond acceptors (Lipinski definition) is 3. The zero-order valence-electron chi connectivity index (χ0n) is 12.2. The van der Waals surface area contributed by atoms with Gasteiger partial charge in [-0.25, -0.2) is 4.39 Å². The van der Waals surface area contributed by atoms with Gasteiger partial charge in [0, 0.05) is 6.54 Å². The molecule has 2 atom stereocenters. The summed E-state index contributed by atoms with van der Waals surface area (Å²) in [6.45, 7) is 3.93. The molecule has 1 amide bonds. The Labute approximate surface area is 123 Å². The number of carboxylic acid groups (broad SMARTS) is 1. The molecular formula is C15H21FN2O3. The molecule has 3 N–H and O–H groups in total. The maximum atomic E-state index is 12.7. The van der Waals surface area contributed by atoms with E-state index in [0.717, 1.165) is 5.56 Å². The first-order valence-electron chi connectivity index (χ1n) is 6.91. The normalized spacial score (nSPS) is 13.5. The van der Waals surface area contributed by atoms with Crippen LogP contribution in [0.1, 0.15) is 25.8 Å². The predicted octanol–water partition coefficient (Wildman–Crippen LogP) is 1.53. The Morgan fingerprint density at radius 1 is 1.29 bits per heavy atom. The van der Waals surface area contributed by atoms with E-state index in [2.05, 4.69) is 10.6 Å². The van der Waals surface area contributed by atoms with Crippen LogP contribution in [0.4, 0.5) is 4.39 Å². The lowest BCUT2D eigenvalue weighted by Crippen LogP contribution is -2.46. The summed E-state index contributed by atoms with van der Waals surface area (Å²) in [5.41, 5.74) is 0.779. The molecule has 21 heavy (non-hydrogen) atoms. The molecule has 0 heterocycles. The highest BCUT2D eigenvalue weighted by Crippen LogP contribution is 2.07. The first-order chi connectivity index (χ1) is 9.93. The lowest BCUT2D eigenvalue weighted by atomic mass is 9.99. The molecule has 0 aliphatic rings. The van der Waals surface area contributed by atoms with Gasteiger partial charge in [-0.2, -0.15) is 0 Å². The smallest absolute Gasteiger partial charge is 0.320 e. The number of carboxylic acids is 1. The zero-order chi connectivity index (χ0) is 15.8. The standard InChI is InChI=1S/C15H21FN2O3/c1-3-10(2)14(15(20)21)18-9-13(19)17-8-11-4-6-12(16)7-5-11/h4-7,10,14,18H,3,8-9H2,1-2H3,(H,17,19)(H,20,21)/t10-,14-/m0/s1. The molecule has 1 aromatic carbocycles. The Balaban J connectivity index is 2.39. The molecule has 6 heteroatoms. The van der Waals surface area contributed by atoms with E-state index >= 15 is 0 Å². The molecule has 0 bridgehead atoms. The first-order valence-corrected chi connectivity index (χ1v) is 6.91. The Bertz CT molecular complexity index is 476. The molecule has 0 saturated carbocycles. The van der Waals surface area contributed by atoms with Crippen LogP contribution >= 0.6 is 0 Å². The summed E-state index contributed by atoms with van der Waals surface area (Å²) in [5.74, 6) is -1.65. The van der Waals surface area contributed by atoms with Gasteiger partial charge in [-0.1, -0.05) is 32.4 Å². The monoisotopic (exact) mass is 296 g/mol. The summed E-state index contributed by atoms with van der Waals surface area (Å²) in [4.78, 5) is 22.8. The van der Waals surface area contributed by atoms with Gasteiger partial charge in [0.05, 0.1) is 6.54 Å². The highest BCUT2D eigenvalue weighted by Gasteiger charge is 2.23. The van der Waals surface area contributed by atoms with Crippen molar-refractivity contribution in [3.05, 3.63) is 35.6 Å². The number of amides is 1. The third kappa shape index (κ3) is 5.91. The van der Waals surface area contributed by atoms with Crippen molar-refractivity contribution in [3.8, 4) is 0 Å². The zero-order valence-corrected chi connectivity index (χ0v) is 12.2. The summed E-state index contributed by atoms with van der Waals surface area (Å²) < 4.78 is 12.7. The van der Waals surface area contributed by atoms with E-state index in [0.29, 0.717) is 6.42 Å². The minimum atomic E-state index is -0.962. The highest BCUT2D eigenvalue weighted by molar-refractivity contribution is 5.80. The molecule has 0 fully saturated rings. The van der Waals surface area contributed by atoms with Gasteiger partial charge in [-0.3, -0.25) is 14.9 Å². The van der Waals surface area contributed by atoms with E-state index < -0.39 is 12.0 Å². The lowest BCUT2D eigenvalue weighted by Gasteiger charge is -2.19. The Morgan fingerprint density at radius 2 is 1.90 bits per heavy atom. The van der Waals surface area contributed by atoms with E-state index in [4.69, 9.17) is 5.11 Å². The largest absolute Gasteiger partial charge is 0.480 e. The van der Waals surface area contributed by atoms with Crippen LogP contribution in [0.5, 0.6) is 0 Å². The van der Waals surface area contributed by atoms with Crippen LogP contribution in [0.25, 0.3) is 0 Å². The van der Waals surface area contributed by atoms with Crippen LogP contribution in [-0.4, -0.2) is 29.6 Å². The van der Waals surface area contributed by atoms with Crippen molar-refractivity contribution < 1.29 is 19.1 Å². The van der Waals surface area contributed by atoms with E-state index in [1.54, 1.807) is 12.1 Å². The number of aliphatic carboxylic acids is 1. The number of benzene rings is 1. The molecule has 0 aliphatic heterocycles. The van der Waals surface area contributed by atoms with E-state index in [1.807, 2.05) is 13.8 Å². The van der Waals surface area contributed by atoms with Gasteiger partial charge < -0.3 is 10.4 Å². The van der Waals surface area contributed by atoms with Crippen molar-refractivity contribution in [1.29, 1.82) is 0 Å². The predicted molar refractivity (Wildman–Crippen MR) is 77.1 cm³/mol. The third-order valence-corrected chi connectivity index (χ3v) is 3.36. The summed E-state index contributed by atoms with van der Waals surface area (Å²) in [5, 5.41) is 14.5. The fraction of sp³-hybridized carbons (Fsp3) is 0.467. The SMILES string of the molecule is CC[C@H](C)[C@H](NCC(=O)NCc1ccc(F)cc1)C(=O)O. The molecule has 0 spiro atoms. The summed E-state index contributed by atoms with van der Waals surface area (Å²) >= 11 is 0. The van der Waals surface area contributed by atoms with Crippen molar-refractivity contribution in [2.75, 3.05) is 6.54 Å². The maximum Gasteiger partial charge on any atom is 0.320 e. The molecule has 0 saturated heterocycles. The average Bonchev–Trinajstić information content (AvgIpc) is 2.46. The van der Waals surface area contributed by atoms with Crippen LogP contribution in [0.3, 0.4) is 0 Å². The second-order valence-corrected chi connectivity index (χ2v) is 4.99. The van der Waals surface area contributed by atoms with E-state index in [9.17, 15) is 14.0 Å². The average molecular weight is 296 g/mol. The third-order valence-electron chi connectivity index (χ3n) is 3.36. The number of hydrogen-bond donors (Lipinski definition) is 3. The van der Waals surface area contributed by atoms with Crippen molar-refractivity contribution in [1.82, 2.24) is 10.6 Å². The maximum absolute atomic E-state index is 12.7. The van der Waals surface area contributed by atoms with Crippen LogP contribution < -0.4 is 10.6 Å². The summed E-state index contributed by atoms with van der Waals surface area (Å²) in [7, 11) is 0. The summed E-state index contributed by atoms with van der Waals surface area (Å²) in [6.07, 6.45) is 0.709. The number of carbonyl (C=O) groups excluding carboxylic acids is 1. The van der Waals surface area contributed by atoms with Crippen LogP contribution in [0.15, 0.2) is 24.3 Å². The number of nitrogens with one attached hydrogen (secondary N) is 2. The van der Waals surface area contributed by atoms with Crippen LogP contribution in [0, 0.1) is 11.7 Å². The lowest BCUT2D eigenvalue weighted by molar-refractivity contribution is -0.140.